The molecule has 0 spiro atoms. The molecule has 0 saturated heterocycles. The molecule has 4 aromatic rings. The van der Waals surface area contributed by atoms with Crippen LogP contribution in [0.5, 0.6) is 0 Å². The van der Waals surface area contributed by atoms with Crippen LogP contribution in [0.3, 0.4) is 0 Å². The molecule has 0 radical (unpaired) electrons. The fraction of sp³-hybridized carbons (Fsp3) is 0.148. The second kappa shape index (κ2) is 9.28. The lowest BCUT2D eigenvalue weighted by atomic mass is 9.99. The first kappa shape index (κ1) is 23.3. The number of benzene rings is 4. The molecule has 1 aliphatic heterocycles. The Balaban J connectivity index is 1.35. The van der Waals surface area contributed by atoms with E-state index in [1.165, 1.54) is 16.4 Å². The molecule has 35 heavy (non-hydrogen) atoms. The van der Waals surface area contributed by atoms with E-state index >= 15 is 0 Å². The van der Waals surface area contributed by atoms with E-state index in [9.17, 15) is 12.8 Å². The Hall–Kier alpha value is -3.49. The monoisotopic (exact) mass is 505 g/mol. The molecular weight excluding hydrogens is 481 g/mol. The third-order valence-corrected chi connectivity index (χ3v) is 8.36. The number of nitrogens with one attached hydrogen (secondary N) is 2. The number of hydrogen-bond acceptors (Lipinski definition) is 3. The average molecular weight is 506 g/mol. The van der Waals surface area contributed by atoms with Gasteiger partial charge in [0, 0.05) is 22.8 Å². The SMILES string of the molecule is C[C@@H]1CCc2cc(F)ccc2N1S(=O)(=O)c1ccc(NC(=S)Nc2cccc3ccccc23)cc1. The van der Waals surface area contributed by atoms with E-state index in [0.717, 1.165) is 16.5 Å². The van der Waals surface area contributed by atoms with E-state index in [1.54, 1.807) is 30.3 Å². The molecule has 8 heteroatoms. The maximum absolute atomic E-state index is 13.7. The lowest BCUT2D eigenvalue weighted by Gasteiger charge is -2.36. The Kier molecular flexibility index (Phi) is 6.17. The minimum absolute atomic E-state index is 0.167. The summed E-state index contributed by atoms with van der Waals surface area (Å²) in [6.45, 7) is 1.87. The van der Waals surface area contributed by atoms with Crippen molar-refractivity contribution in [1.29, 1.82) is 0 Å². The maximum Gasteiger partial charge on any atom is 0.264 e. The summed E-state index contributed by atoms with van der Waals surface area (Å²) in [6, 6.07) is 24.5. The summed E-state index contributed by atoms with van der Waals surface area (Å²) in [5.74, 6) is -0.362. The number of thiocarbonyl (C=S) groups is 1. The van der Waals surface area contributed by atoms with E-state index in [-0.39, 0.29) is 16.8 Å². The van der Waals surface area contributed by atoms with Gasteiger partial charge in [0.15, 0.2) is 5.11 Å². The van der Waals surface area contributed by atoms with Gasteiger partial charge in [-0.15, -0.1) is 0 Å². The van der Waals surface area contributed by atoms with Gasteiger partial charge >= 0.3 is 0 Å². The molecule has 0 fully saturated rings. The highest BCUT2D eigenvalue weighted by Gasteiger charge is 2.34. The molecule has 2 N–H and O–H groups in total. The number of nitrogens with zero attached hydrogens (tertiary/aromatic N) is 1. The number of halogens is 1. The van der Waals surface area contributed by atoms with Gasteiger partial charge in [-0.1, -0.05) is 36.4 Å². The second-order valence-electron chi connectivity index (χ2n) is 8.59. The summed E-state index contributed by atoms with van der Waals surface area (Å²) in [7, 11) is -3.82. The third-order valence-electron chi connectivity index (χ3n) is 6.22. The first-order chi connectivity index (χ1) is 16.8. The zero-order valence-corrected chi connectivity index (χ0v) is 20.7. The zero-order chi connectivity index (χ0) is 24.6. The summed E-state index contributed by atoms with van der Waals surface area (Å²) in [4.78, 5) is 0.167. The highest BCUT2D eigenvalue weighted by molar-refractivity contribution is 7.92. The van der Waals surface area contributed by atoms with Gasteiger partial charge in [-0.05, 0) is 91.5 Å². The molecule has 4 aromatic carbocycles. The Labute approximate surface area is 209 Å². The molecule has 5 rings (SSSR count). The molecular formula is C27H24FN3O2S2. The predicted octanol–water partition coefficient (Wildman–Crippen LogP) is 6.32. The van der Waals surface area contributed by atoms with Crippen LogP contribution in [0.25, 0.3) is 10.8 Å². The van der Waals surface area contributed by atoms with Crippen molar-refractivity contribution in [3.05, 3.63) is 96.3 Å². The molecule has 1 heterocycles. The molecule has 0 unspecified atom stereocenters. The van der Waals surface area contributed by atoms with Crippen LogP contribution in [0, 0.1) is 5.82 Å². The van der Waals surface area contributed by atoms with Crippen LogP contribution >= 0.6 is 12.2 Å². The lowest BCUT2D eigenvalue weighted by molar-refractivity contribution is 0.560. The fourth-order valence-electron chi connectivity index (χ4n) is 4.50. The molecule has 1 atom stereocenters. The number of fused-ring (bicyclic) bond motifs is 2. The number of rotatable bonds is 4. The molecule has 0 saturated carbocycles. The molecule has 5 nitrogen and oxygen atoms in total. The van der Waals surface area contributed by atoms with Crippen LogP contribution in [0.4, 0.5) is 21.5 Å². The normalized spacial score (nSPS) is 15.5. The summed E-state index contributed by atoms with van der Waals surface area (Å²) >= 11 is 5.48. The van der Waals surface area contributed by atoms with Crippen molar-refractivity contribution in [3.63, 3.8) is 0 Å². The van der Waals surface area contributed by atoms with E-state index in [4.69, 9.17) is 12.2 Å². The number of aryl methyl sites for hydroxylation is 1. The van der Waals surface area contributed by atoms with Crippen molar-refractivity contribution in [2.75, 3.05) is 14.9 Å². The van der Waals surface area contributed by atoms with Gasteiger partial charge in [-0.25, -0.2) is 12.8 Å². The van der Waals surface area contributed by atoms with Crippen LogP contribution in [-0.4, -0.2) is 19.6 Å². The molecule has 0 bridgehead atoms. The van der Waals surface area contributed by atoms with Crippen molar-refractivity contribution in [2.45, 2.75) is 30.7 Å². The van der Waals surface area contributed by atoms with Crippen molar-refractivity contribution in [3.8, 4) is 0 Å². The highest BCUT2D eigenvalue weighted by atomic mass is 32.2. The van der Waals surface area contributed by atoms with Crippen molar-refractivity contribution in [1.82, 2.24) is 0 Å². The van der Waals surface area contributed by atoms with Crippen LogP contribution in [0.15, 0.2) is 89.8 Å². The molecule has 0 amide bonds. The van der Waals surface area contributed by atoms with Crippen molar-refractivity contribution in [2.24, 2.45) is 0 Å². The quantitative estimate of drug-likeness (QED) is 0.318. The van der Waals surface area contributed by atoms with Gasteiger partial charge < -0.3 is 10.6 Å². The van der Waals surface area contributed by atoms with Gasteiger partial charge in [0.25, 0.3) is 10.0 Å². The van der Waals surface area contributed by atoms with Gasteiger partial charge in [0.2, 0.25) is 0 Å². The number of sulfonamides is 1. The highest BCUT2D eigenvalue weighted by Crippen LogP contribution is 2.36. The van der Waals surface area contributed by atoms with Crippen LogP contribution < -0.4 is 14.9 Å². The van der Waals surface area contributed by atoms with Crippen LogP contribution in [0.1, 0.15) is 18.9 Å². The molecule has 178 valence electrons. The first-order valence-corrected chi connectivity index (χ1v) is 13.2. The number of anilines is 3. The van der Waals surface area contributed by atoms with E-state index in [1.807, 2.05) is 49.4 Å². The minimum atomic E-state index is -3.82. The Bertz CT molecular complexity index is 1520. The van der Waals surface area contributed by atoms with Crippen LogP contribution in [-0.2, 0) is 16.4 Å². The topological polar surface area (TPSA) is 61.4 Å². The zero-order valence-electron chi connectivity index (χ0n) is 19.0. The molecule has 0 aromatic heterocycles. The third kappa shape index (κ3) is 4.59. The van der Waals surface area contributed by atoms with Crippen molar-refractivity contribution < 1.29 is 12.8 Å². The largest absolute Gasteiger partial charge is 0.332 e. The van der Waals surface area contributed by atoms with E-state index < -0.39 is 10.0 Å². The average Bonchev–Trinajstić information content (AvgIpc) is 2.84. The van der Waals surface area contributed by atoms with E-state index in [2.05, 4.69) is 10.6 Å². The lowest BCUT2D eigenvalue weighted by Crippen LogP contribution is -2.42. The fourth-order valence-corrected chi connectivity index (χ4v) is 6.45. The van der Waals surface area contributed by atoms with Gasteiger partial charge in [-0.3, -0.25) is 4.31 Å². The number of hydrogen-bond donors (Lipinski definition) is 2. The summed E-state index contributed by atoms with van der Waals surface area (Å²) in [6.07, 6.45) is 1.27. The van der Waals surface area contributed by atoms with E-state index in [0.29, 0.717) is 34.9 Å². The van der Waals surface area contributed by atoms with Gasteiger partial charge in [-0.2, -0.15) is 0 Å². The standard InChI is InChI=1S/C27H24FN3O2S2/c1-18-9-10-20-17-21(28)11-16-26(20)31(18)35(32,33)23-14-12-22(13-15-23)29-27(34)30-25-8-4-6-19-5-2-3-7-24(19)25/h2-8,11-18H,9-10H2,1H3,(H2,29,30,34)/t18-/m1/s1. The Morgan fingerprint density at radius 1 is 0.971 bits per heavy atom. The second-order valence-corrected chi connectivity index (χ2v) is 10.8. The summed E-state index contributed by atoms with van der Waals surface area (Å²) in [5.41, 5.74) is 2.78. The Morgan fingerprint density at radius 2 is 1.71 bits per heavy atom. The first-order valence-electron chi connectivity index (χ1n) is 11.3. The minimum Gasteiger partial charge on any atom is -0.332 e. The van der Waals surface area contributed by atoms with Crippen molar-refractivity contribution >= 4 is 55.2 Å². The smallest absolute Gasteiger partial charge is 0.264 e. The molecule has 1 aliphatic rings. The summed E-state index contributed by atoms with van der Waals surface area (Å²) in [5, 5.41) is 8.88. The van der Waals surface area contributed by atoms with Crippen LogP contribution in [0.2, 0.25) is 0 Å². The van der Waals surface area contributed by atoms with Gasteiger partial charge in [0.1, 0.15) is 5.82 Å². The molecule has 0 aliphatic carbocycles. The summed E-state index contributed by atoms with van der Waals surface area (Å²) < 4.78 is 42.2. The van der Waals surface area contributed by atoms with Gasteiger partial charge in [0.05, 0.1) is 10.6 Å². The predicted molar refractivity (Wildman–Crippen MR) is 144 cm³/mol. The maximum atomic E-state index is 13.7. The Morgan fingerprint density at radius 3 is 2.51 bits per heavy atom.